The zero-order chi connectivity index (χ0) is 21.1. The van der Waals surface area contributed by atoms with Crippen LogP contribution in [-0.4, -0.2) is 22.6 Å². The largest absolute Gasteiger partial charge is 0.497 e. The number of methoxy groups -OCH3 is 2. The van der Waals surface area contributed by atoms with E-state index in [1.807, 2.05) is 0 Å². The van der Waals surface area contributed by atoms with Crippen molar-refractivity contribution >= 4 is 26.5 Å². The number of fused-ring (bicyclic) bond motifs is 1. The van der Waals surface area contributed by atoms with Gasteiger partial charge in [-0.15, -0.1) is 0 Å². The minimum atomic E-state index is -3.85. The van der Waals surface area contributed by atoms with Crippen LogP contribution in [0.5, 0.6) is 11.5 Å². The van der Waals surface area contributed by atoms with Gasteiger partial charge in [-0.25, -0.2) is 13.4 Å². The SMILES string of the molecule is COc1ccc(N=c2oc3cc(OC)ccc3cc2S(=O)(=O)c2ccccc2)cc1. The molecule has 4 rings (SSSR count). The van der Waals surface area contributed by atoms with E-state index in [2.05, 4.69) is 4.99 Å². The summed E-state index contributed by atoms with van der Waals surface area (Å²) >= 11 is 0. The second-order valence-corrected chi connectivity index (χ2v) is 8.36. The third-order valence-electron chi connectivity index (χ3n) is 4.57. The van der Waals surface area contributed by atoms with Gasteiger partial charge in [0.05, 0.1) is 24.8 Å². The summed E-state index contributed by atoms with van der Waals surface area (Å²) in [5.41, 5.74) is 0.990. The lowest BCUT2D eigenvalue weighted by Gasteiger charge is -2.08. The van der Waals surface area contributed by atoms with Gasteiger partial charge in [-0.05, 0) is 54.6 Å². The van der Waals surface area contributed by atoms with Gasteiger partial charge < -0.3 is 13.9 Å². The van der Waals surface area contributed by atoms with E-state index in [-0.39, 0.29) is 15.3 Å². The Morgan fingerprint density at radius 2 is 1.47 bits per heavy atom. The number of ether oxygens (including phenoxy) is 2. The van der Waals surface area contributed by atoms with Crippen LogP contribution in [0.3, 0.4) is 0 Å². The molecule has 152 valence electrons. The third-order valence-corrected chi connectivity index (χ3v) is 6.34. The van der Waals surface area contributed by atoms with Crippen molar-refractivity contribution in [3.63, 3.8) is 0 Å². The van der Waals surface area contributed by atoms with Gasteiger partial charge in [0, 0.05) is 11.5 Å². The van der Waals surface area contributed by atoms with Crippen molar-refractivity contribution in [3.8, 4) is 11.5 Å². The summed E-state index contributed by atoms with van der Waals surface area (Å²) in [5.74, 6) is 1.27. The maximum absolute atomic E-state index is 13.3. The van der Waals surface area contributed by atoms with Crippen molar-refractivity contribution in [3.05, 3.63) is 84.4 Å². The van der Waals surface area contributed by atoms with E-state index in [9.17, 15) is 8.42 Å². The van der Waals surface area contributed by atoms with E-state index in [1.165, 1.54) is 0 Å². The van der Waals surface area contributed by atoms with Crippen LogP contribution >= 0.6 is 0 Å². The number of benzene rings is 3. The van der Waals surface area contributed by atoms with Crippen LogP contribution in [0.15, 0.2) is 98.1 Å². The van der Waals surface area contributed by atoms with Gasteiger partial charge >= 0.3 is 0 Å². The van der Waals surface area contributed by atoms with Gasteiger partial charge in [0.2, 0.25) is 15.4 Å². The molecule has 0 saturated heterocycles. The van der Waals surface area contributed by atoms with E-state index < -0.39 is 9.84 Å². The predicted molar refractivity (Wildman–Crippen MR) is 113 cm³/mol. The Balaban J connectivity index is 1.99. The molecule has 0 spiro atoms. The molecule has 6 nitrogen and oxygen atoms in total. The smallest absolute Gasteiger partial charge is 0.239 e. The molecule has 0 N–H and O–H groups in total. The summed E-state index contributed by atoms with van der Waals surface area (Å²) in [6.45, 7) is 0. The minimum absolute atomic E-state index is 0.00947. The Kier molecular flexibility index (Phi) is 5.29. The molecular formula is C23H19NO5S. The number of sulfone groups is 1. The molecular weight excluding hydrogens is 402 g/mol. The second-order valence-electron chi connectivity index (χ2n) is 6.45. The van der Waals surface area contributed by atoms with Crippen molar-refractivity contribution in [2.45, 2.75) is 9.79 Å². The first-order valence-corrected chi connectivity index (χ1v) is 10.6. The molecule has 0 aliphatic carbocycles. The fraction of sp³-hybridized carbons (Fsp3) is 0.0870. The van der Waals surface area contributed by atoms with Crippen LogP contribution in [0.4, 0.5) is 5.69 Å². The van der Waals surface area contributed by atoms with E-state index in [1.54, 1.807) is 93.1 Å². The third kappa shape index (κ3) is 3.79. The molecule has 4 aromatic rings. The highest BCUT2D eigenvalue weighted by atomic mass is 32.2. The number of hydrogen-bond donors (Lipinski definition) is 0. The maximum Gasteiger partial charge on any atom is 0.239 e. The van der Waals surface area contributed by atoms with Crippen molar-refractivity contribution in [1.82, 2.24) is 0 Å². The molecule has 3 aromatic carbocycles. The molecule has 0 radical (unpaired) electrons. The van der Waals surface area contributed by atoms with Crippen molar-refractivity contribution in [1.29, 1.82) is 0 Å². The van der Waals surface area contributed by atoms with E-state index in [0.717, 1.165) is 0 Å². The molecule has 0 unspecified atom stereocenters. The molecule has 0 amide bonds. The molecule has 0 saturated carbocycles. The van der Waals surface area contributed by atoms with Crippen LogP contribution in [0.25, 0.3) is 11.0 Å². The Hall–Kier alpha value is -3.58. The molecule has 0 atom stereocenters. The molecule has 1 heterocycles. The first kappa shape index (κ1) is 19.7. The first-order valence-electron chi connectivity index (χ1n) is 9.12. The molecule has 0 aliphatic rings. The highest BCUT2D eigenvalue weighted by molar-refractivity contribution is 7.91. The van der Waals surface area contributed by atoms with Gasteiger partial charge in [0.15, 0.2) is 0 Å². The van der Waals surface area contributed by atoms with Crippen LogP contribution in [-0.2, 0) is 9.84 Å². The number of rotatable bonds is 5. The molecule has 0 bridgehead atoms. The van der Waals surface area contributed by atoms with E-state index in [0.29, 0.717) is 28.2 Å². The Bertz CT molecular complexity index is 1360. The fourth-order valence-corrected chi connectivity index (χ4v) is 4.35. The summed E-state index contributed by atoms with van der Waals surface area (Å²) in [6.07, 6.45) is 0. The van der Waals surface area contributed by atoms with Gasteiger partial charge in [-0.1, -0.05) is 18.2 Å². The quantitative estimate of drug-likeness (QED) is 0.474. The predicted octanol–water partition coefficient (Wildman–Crippen LogP) is 4.52. The normalized spacial score (nSPS) is 12.1. The number of nitrogens with zero attached hydrogens (tertiary/aromatic N) is 1. The highest BCUT2D eigenvalue weighted by Gasteiger charge is 2.22. The summed E-state index contributed by atoms with van der Waals surface area (Å²) in [4.78, 5) is 4.63. The molecule has 30 heavy (non-hydrogen) atoms. The van der Waals surface area contributed by atoms with Gasteiger partial charge in [0.25, 0.3) is 0 Å². The molecule has 7 heteroatoms. The van der Waals surface area contributed by atoms with Crippen molar-refractivity contribution in [2.75, 3.05) is 14.2 Å². The zero-order valence-corrected chi connectivity index (χ0v) is 17.2. The average molecular weight is 421 g/mol. The summed E-state index contributed by atoms with van der Waals surface area (Å²) < 4.78 is 43.1. The second kappa shape index (κ2) is 8.04. The Morgan fingerprint density at radius 3 is 2.13 bits per heavy atom. The molecule has 0 fully saturated rings. The zero-order valence-electron chi connectivity index (χ0n) is 16.4. The molecule has 0 aliphatic heterocycles. The summed E-state index contributed by atoms with van der Waals surface area (Å²) in [7, 11) is -0.727. The fourth-order valence-electron chi connectivity index (χ4n) is 2.98. The van der Waals surface area contributed by atoms with Crippen molar-refractivity contribution in [2.24, 2.45) is 4.99 Å². The minimum Gasteiger partial charge on any atom is -0.497 e. The lowest BCUT2D eigenvalue weighted by Crippen LogP contribution is -2.15. The van der Waals surface area contributed by atoms with Crippen LogP contribution in [0, 0.1) is 0 Å². The highest BCUT2D eigenvalue weighted by Crippen LogP contribution is 2.25. The van der Waals surface area contributed by atoms with Gasteiger partial charge in [-0.2, -0.15) is 0 Å². The Morgan fingerprint density at radius 1 is 0.800 bits per heavy atom. The van der Waals surface area contributed by atoms with E-state index in [4.69, 9.17) is 13.9 Å². The lowest BCUT2D eigenvalue weighted by molar-refractivity contribution is 0.413. The van der Waals surface area contributed by atoms with Crippen molar-refractivity contribution < 1.29 is 22.3 Å². The maximum atomic E-state index is 13.3. The topological polar surface area (TPSA) is 78.1 Å². The summed E-state index contributed by atoms with van der Waals surface area (Å²) in [5, 5.41) is 0.624. The number of hydrogen-bond acceptors (Lipinski definition) is 6. The average Bonchev–Trinajstić information content (AvgIpc) is 2.79. The van der Waals surface area contributed by atoms with Crippen LogP contribution in [0.2, 0.25) is 0 Å². The van der Waals surface area contributed by atoms with Gasteiger partial charge in [0.1, 0.15) is 22.0 Å². The standard InChI is InChI=1S/C23H19NO5S/c1-27-18-12-9-17(10-13-18)24-23-22(30(25,26)20-6-4-3-5-7-20)14-16-8-11-19(28-2)15-21(16)29-23/h3-15H,1-2H3. The monoisotopic (exact) mass is 421 g/mol. The van der Waals surface area contributed by atoms with Crippen LogP contribution < -0.4 is 15.0 Å². The first-order chi connectivity index (χ1) is 14.5. The Labute approximate surface area is 174 Å². The lowest BCUT2D eigenvalue weighted by atomic mass is 10.2. The van der Waals surface area contributed by atoms with Gasteiger partial charge in [-0.3, -0.25) is 0 Å². The van der Waals surface area contributed by atoms with E-state index >= 15 is 0 Å². The van der Waals surface area contributed by atoms with Crippen LogP contribution in [0.1, 0.15) is 0 Å². The molecule has 1 aromatic heterocycles. The summed E-state index contributed by atoms with van der Waals surface area (Å²) in [6, 6.07) is 21.9.